The summed E-state index contributed by atoms with van der Waals surface area (Å²) in [6.07, 6.45) is 4.24. The number of benzene rings is 2. The molecule has 3 rings (SSSR count). The number of hydrogen-bond acceptors (Lipinski definition) is 5. The van der Waals surface area contributed by atoms with E-state index < -0.39 is 11.8 Å². The van der Waals surface area contributed by atoms with Crippen molar-refractivity contribution in [2.45, 2.75) is 41.6 Å². The van der Waals surface area contributed by atoms with Crippen molar-refractivity contribution in [1.82, 2.24) is 0 Å². The van der Waals surface area contributed by atoms with E-state index in [2.05, 4.69) is 0 Å². The van der Waals surface area contributed by atoms with Crippen LogP contribution in [0.3, 0.4) is 0 Å². The van der Waals surface area contributed by atoms with Crippen molar-refractivity contribution in [1.29, 1.82) is 0 Å². The van der Waals surface area contributed by atoms with Crippen molar-refractivity contribution in [2.75, 3.05) is 7.11 Å². The van der Waals surface area contributed by atoms with E-state index in [0.29, 0.717) is 27.5 Å². The maximum atomic E-state index is 12.0. The van der Waals surface area contributed by atoms with Gasteiger partial charge in [0.1, 0.15) is 0 Å². The Morgan fingerprint density at radius 1 is 1.07 bits per heavy atom. The summed E-state index contributed by atoms with van der Waals surface area (Å²) in [4.78, 5) is 24.8. The number of amides is 2. The fourth-order valence-corrected chi connectivity index (χ4v) is 4.20. The number of ether oxygens (including phenoxy) is 2. The molecule has 1 aliphatic rings. The second kappa shape index (κ2) is 8.35. The number of methoxy groups -OCH3 is 1. The zero-order valence-corrected chi connectivity index (χ0v) is 15.9. The Balaban J connectivity index is 2.05. The minimum absolute atomic E-state index is 0.0818. The van der Waals surface area contributed by atoms with E-state index in [1.54, 1.807) is 37.4 Å². The minimum Gasteiger partial charge on any atom is -0.493 e. The Morgan fingerprint density at radius 2 is 1.81 bits per heavy atom. The van der Waals surface area contributed by atoms with Crippen LogP contribution < -0.4 is 20.9 Å². The molecule has 0 atom stereocenters. The molecule has 0 radical (unpaired) electrons. The van der Waals surface area contributed by atoms with E-state index in [0.717, 1.165) is 30.6 Å². The number of rotatable bonds is 7. The molecule has 1 saturated carbocycles. The molecular weight excluding hydrogens is 364 g/mol. The molecule has 0 spiro atoms. The average molecular weight is 386 g/mol. The molecule has 27 heavy (non-hydrogen) atoms. The topological polar surface area (TPSA) is 105 Å². The van der Waals surface area contributed by atoms with Gasteiger partial charge in [0.2, 0.25) is 11.8 Å². The molecule has 1 fully saturated rings. The molecule has 0 heterocycles. The first-order valence-corrected chi connectivity index (χ1v) is 9.56. The standard InChI is InChI=1S/C20H22N2O4S/c1-25-16-10-9-15(20(22)24)18(17(16)26-13-6-2-3-7-13)27-14-8-4-5-12(11-14)19(21)23/h4-5,8-11,13H,2-3,6-7H2,1H3,(H2,21,23)(H2,22,24). The lowest BCUT2D eigenvalue weighted by Gasteiger charge is -2.20. The lowest BCUT2D eigenvalue weighted by Crippen LogP contribution is -2.16. The maximum absolute atomic E-state index is 12.0. The molecule has 0 aliphatic heterocycles. The fraction of sp³-hybridized carbons (Fsp3) is 0.300. The van der Waals surface area contributed by atoms with Crippen molar-refractivity contribution in [3.63, 3.8) is 0 Å². The molecule has 0 bridgehead atoms. The lowest BCUT2D eigenvalue weighted by atomic mass is 10.2. The normalized spacial score (nSPS) is 14.1. The number of primary amides is 2. The highest BCUT2D eigenvalue weighted by Crippen LogP contribution is 2.45. The third-order valence-electron chi connectivity index (χ3n) is 4.49. The zero-order valence-electron chi connectivity index (χ0n) is 15.1. The molecule has 2 aromatic carbocycles. The molecule has 142 valence electrons. The second-order valence-corrected chi connectivity index (χ2v) is 7.44. The van der Waals surface area contributed by atoms with Gasteiger partial charge in [-0.15, -0.1) is 0 Å². The smallest absolute Gasteiger partial charge is 0.249 e. The van der Waals surface area contributed by atoms with Crippen LogP contribution in [0.2, 0.25) is 0 Å². The van der Waals surface area contributed by atoms with Gasteiger partial charge in [-0.05, 0) is 56.0 Å². The van der Waals surface area contributed by atoms with Crippen molar-refractivity contribution in [3.05, 3.63) is 47.5 Å². The Labute approximate surface area is 162 Å². The van der Waals surface area contributed by atoms with Crippen molar-refractivity contribution >= 4 is 23.6 Å². The Hall–Kier alpha value is -2.67. The molecule has 4 N–H and O–H groups in total. The number of nitrogens with two attached hydrogens (primary N) is 2. The van der Waals surface area contributed by atoms with Gasteiger partial charge in [0.05, 0.1) is 23.7 Å². The quantitative estimate of drug-likeness (QED) is 0.759. The molecule has 0 saturated heterocycles. The summed E-state index contributed by atoms with van der Waals surface area (Å²) < 4.78 is 11.7. The van der Waals surface area contributed by atoms with Gasteiger partial charge in [-0.1, -0.05) is 17.8 Å². The van der Waals surface area contributed by atoms with Crippen LogP contribution in [0.4, 0.5) is 0 Å². The van der Waals surface area contributed by atoms with Gasteiger partial charge in [0, 0.05) is 10.5 Å². The summed E-state index contributed by atoms with van der Waals surface area (Å²) in [7, 11) is 1.56. The largest absolute Gasteiger partial charge is 0.493 e. The third-order valence-corrected chi connectivity index (χ3v) is 5.59. The van der Waals surface area contributed by atoms with Crippen LogP contribution in [0.15, 0.2) is 46.2 Å². The average Bonchev–Trinajstić information content (AvgIpc) is 3.16. The maximum Gasteiger partial charge on any atom is 0.249 e. The number of hydrogen-bond donors (Lipinski definition) is 2. The van der Waals surface area contributed by atoms with Crippen LogP contribution >= 0.6 is 11.8 Å². The Bertz CT molecular complexity index is 863. The van der Waals surface area contributed by atoms with E-state index >= 15 is 0 Å². The van der Waals surface area contributed by atoms with Gasteiger partial charge in [-0.2, -0.15) is 0 Å². The summed E-state index contributed by atoms with van der Waals surface area (Å²) in [6, 6.07) is 10.2. The molecule has 1 aliphatic carbocycles. The van der Waals surface area contributed by atoms with Crippen molar-refractivity contribution < 1.29 is 19.1 Å². The van der Waals surface area contributed by atoms with E-state index in [1.165, 1.54) is 11.8 Å². The third kappa shape index (κ3) is 4.36. The minimum atomic E-state index is -0.553. The van der Waals surface area contributed by atoms with E-state index in [-0.39, 0.29) is 6.10 Å². The first kappa shape index (κ1) is 19.1. The first-order valence-electron chi connectivity index (χ1n) is 8.74. The molecule has 6 nitrogen and oxygen atoms in total. The van der Waals surface area contributed by atoms with Gasteiger partial charge < -0.3 is 20.9 Å². The van der Waals surface area contributed by atoms with E-state index in [9.17, 15) is 9.59 Å². The number of carbonyl (C=O) groups excluding carboxylic acids is 2. The van der Waals surface area contributed by atoms with Gasteiger partial charge in [0.25, 0.3) is 0 Å². The number of carbonyl (C=O) groups is 2. The van der Waals surface area contributed by atoms with Gasteiger partial charge in [0.15, 0.2) is 11.5 Å². The highest BCUT2D eigenvalue weighted by atomic mass is 32.2. The van der Waals surface area contributed by atoms with Gasteiger partial charge in [-0.3, -0.25) is 9.59 Å². The Morgan fingerprint density at radius 3 is 2.44 bits per heavy atom. The van der Waals surface area contributed by atoms with Crippen LogP contribution in [0.5, 0.6) is 11.5 Å². The summed E-state index contributed by atoms with van der Waals surface area (Å²) in [6.45, 7) is 0. The van der Waals surface area contributed by atoms with Gasteiger partial charge >= 0.3 is 0 Å². The monoisotopic (exact) mass is 386 g/mol. The lowest BCUT2D eigenvalue weighted by molar-refractivity contribution is 0.0989. The summed E-state index contributed by atoms with van der Waals surface area (Å²) >= 11 is 1.30. The summed E-state index contributed by atoms with van der Waals surface area (Å²) in [5.74, 6) is -0.0150. The Kier molecular flexibility index (Phi) is 5.91. The molecule has 0 aromatic heterocycles. The zero-order chi connectivity index (χ0) is 19.4. The van der Waals surface area contributed by atoms with E-state index in [1.807, 2.05) is 6.07 Å². The van der Waals surface area contributed by atoms with Crippen molar-refractivity contribution in [2.24, 2.45) is 11.5 Å². The van der Waals surface area contributed by atoms with Crippen LogP contribution in [0.1, 0.15) is 46.4 Å². The predicted octanol–water partition coefficient (Wildman–Crippen LogP) is 3.37. The van der Waals surface area contributed by atoms with Crippen LogP contribution in [-0.4, -0.2) is 25.0 Å². The molecular formula is C20H22N2O4S. The fourth-order valence-electron chi connectivity index (χ4n) is 3.12. The summed E-state index contributed by atoms with van der Waals surface area (Å²) in [5, 5.41) is 0. The van der Waals surface area contributed by atoms with Crippen LogP contribution in [0.25, 0.3) is 0 Å². The van der Waals surface area contributed by atoms with Gasteiger partial charge in [-0.25, -0.2) is 0 Å². The summed E-state index contributed by atoms with van der Waals surface area (Å²) in [5.41, 5.74) is 11.7. The predicted molar refractivity (Wildman–Crippen MR) is 103 cm³/mol. The van der Waals surface area contributed by atoms with Crippen LogP contribution in [0, 0.1) is 0 Å². The highest BCUT2D eigenvalue weighted by Gasteiger charge is 2.24. The SMILES string of the molecule is COc1ccc(C(N)=O)c(Sc2cccc(C(N)=O)c2)c1OC1CCCC1. The first-order chi connectivity index (χ1) is 13.0. The van der Waals surface area contributed by atoms with E-state index in [4.69, 9.17) is 20.9 Å². The van der Waals surface area contributed by atoms with Crippen LogP contribution in [-0.2, 0) is 0 Å². The molecule has 2 amide bonds. The molecule has 2 aromatic rings. The second-order valence-electron chi connectivity index (χ2n) is 6.36. The highest BCUT2D eigenvalue weighted by molar-refractivity contribution is 7.99. The van der Waals surface area contributed by atoms with Crippen molar-refractivity contribution in [3.8, 4) is 11.5 Å². The molecule has 0 unspecified atom stereocenters. The molecule has 7 heteroatoms.